The van der Waals surface area contributed by atoms with Crippen molar-refractivity contribution in [3.63, 3.8) is 0 Å². The van der Waals surface area contributed by atoms with Crippen molar-refractivity contribution in [2.75, 3.05) is 45.8 Å². The van der Waals surface area contributed by atoms with E-state index < -0.39 is 10.0 Å². The fourth-order valence-corrected chi connectivity index (χ4v) is 6.25. The average molecular weight is 548 g/mol. The molecule has 1 amide bonds. The SMILES string of the molecule is CNC(=O)c1cc(Nc2nnc(-c3ccc(C)c(S(=O)(=O)N4CCOCC4)c3)c3ccccc23)ccc1OC. The van der Waals surface area contributed by atoms with E-state index in [0.29, 0.717) is 65.9 Å². The van der Waals surface area contributed by atoms with Gasteiger partial charge in [-0.1, -0.05) is 36.4 Å². The van der Waals surface area contributed by atoms with Gasteiger partial charge in [-0.25, -0.2) is 8.42 Å². The molecule has 11 heteroatoms. The molecule has 3 aromatic carbocycles. The number of sulfonamides is 1. The zero-order chi connectivity index (χ0) is 27.6. The number of anilines is 2. The van der Waals surface area contributed by atoms with Crippen molar-refractivity contribution in [3.8, 4) is 17.0 Å². The van der Waals surface area contributed by atoms with E-state index in [1.807, 2.05) is 30.3 Å². The Labute approximate surface area is 227 Å². The molecule has 0 spiro atoms. The van der Waals surface area contributed by atoms with Crippen molar-refractivity contribution in [2.45, 2.75) is 11.8 Å². The largest absolute Gasteiger partial charge is 0.496 e. The summed E-state index contributed by atoms with van der Waals surface area (Å²) in [4.78, 5) is 12.6. The maximum Gasteiger partial charge on any atom is 0.254 e. The van der Waals surface area contributed by atoms with E-state index in [1.54, 1.807) is 44.3 Å². The topological polar surface area (TPSA) is 123 Å². The number of rotatable bonds is 7. The van der Waals surface area contributed by atoms with Gasteiger partial charge >= 0.3 is 0 Å². The number of fused-ring (bicyclic) bond motifs is 1. The molecule has 202 valence electrons. The Kier molecular flexibility index (Phi) is 7.47. The minimum atomic E-state index is -3.69. The molecule has 0 atom stereocenters. The Bertz CT molecular complexity index is 1650. The average Bonchev–Trinajstić information content (AvgIpc) is 2.97. The number of carbonyl (C=O) groups is 1. The summed E-state index contributed by atoms with van der Waals surface area (Å²) in [7, 11) is -0.628. The first-order valence-corrected chi connectivity index (χ1v) is 13.9. The Hall–Kier alpha value is -4.06. The lowest BCUT2D eigenvalue weighted by Gasteiger charge is -2.26. The van der Waals surface area contributed by atoms with Crippen LogP contribution in [0.5, 0.6) is 5.75 Å². The van der Waals surface area contributed by atoms with Gasteiger partial charge in [0.25, 0.3) is 5.91 Å². The molecule has 2 N–H and O–H groups in total. The van der Waals surface area contributed by atoms with Crippen LogP contribution in [0.1, 0.15) is 15.9 Å². The first-order valence-electron chi connectivity index (χ1n) is 12.4. The van der Waals surface area contributed by atoms with E-state index in [0.717, 1.165) is 10.8 Å². The van der Waals surface area contributed by atoms with E-state index in [9.17, 15) is 13.2 Å². The van der Waals surface area contributed by atoms with E-state index >= 15 is 0 Å². The van der Waals surface area contributed by atoms with Gasteiger partial charge in [0.15, 0.2) is 5.82 Å². The number of nitrogens with zero attached hydrogens (tertiary/aromatic N) is 3. The van der Waals surface area contributed by atoms with Crippen molar-refractivity contribution in [2.24, 2.45) is 0 Å². The lowest BCUT2D eigenvalue weighted by atomic mass is 10.0. The minimum Gasteiger partial charge on any atom is -0.496 e. The molecule has 10 nitrogen and oxygen atoms in total. The molecule has 0 bridgehead atoms. The van der Waals surface area contributed by atoms with Crippen LogP contribution in [-0.4, -0.2) is 69.3 Å². The third kappa shape index (κ3) is 5.16. The molecule has 1 aliphatic rings. The van der Waals surface area contributed by atoms with Gasteiger partial charge in [0, 0.05) is 42.2 Å². The molecule has 4 aromatic rings. The molecule has 0 saturated carbocycles. The molecular formula is C28H29N5O5S. The van der Waals surface area contributed by atoms with Crippen LogP contribution in [0, 0.1) is 6.92 Å². The Morgan fingerprint density at radius 3 is 2.46 bits per heavy atom. The summed E-state index contributed by atoms with van der Waals surface area (Å²) in [5, 5.41) is 16.4. The van der Waals surface area contributed by atoms with Gasteiger partial charge in [-0.15, -0.1) is 10.2 Å². The van der Waals surface area contributed by atoms with Gasteiger partial charge < -0.3 is 20.1 Å². The predicted octanol–water partition coefficient (Wildman–Crippen LogP) is 3.74. The lowest BCUT2D eigenvalue weighted by molar-refractivity contribution is 0.0730. The lowest BCUT2D eigenvalue weighted by Crippen LogP contribution is -2.40. The molecule has 1 aliphatic heterocycles. The number of carbonyl (C=O) groups excluding carboxylic acids is 1. The standard InChI is InChI=1S/C28H29N5O5S/c1-18-8-9-19(16-25(18)39(35,36)33-12-14-38-15-13-33)26-21-6-4-5-7-22(21)27(32-31-26)30-20-10-11-24(37-3)23(17-20)28(34)29-2/h4-11,16-17H,12-15H2,1-3H3,(H,29,34)(H,30,32). The Morgan fingerprint density at radius 2 is 1.74 bits per heavy atom. The number of benzene rings is 3. The molecule has 0 aliphatic carbocycles. The maximum absolute atomic E-state index is 13.4. The third-order valence-corrected chi connectivity index (χ3v) is 8.71. The molecule has 5 rings (SSSR count). The zero-order valence-corrected chi connectivity index (χ0v) is 22.7. The van der Waals surface area contributed by atoms with Crippen LogP contribution in [0.4, 0.5) is 11.5 Å². The van der Waals surface area contributed by atoms with E-state index in [-0.39, 0.29) is 10.8 Å². The van der Waals surface area contributed by atoms with Crippen LogP contribution in [0.3, 0.4) is 0 Å². The third-order valence-electron chi connectivity index (χ3n) is 6.67. The molecule has 1 aromatic heterocycles. The maximum atomic E-state index is 13.4. The van der Waals surface area contributed by atoms with Gasteiger partial charge in [-0.2, -0.15) is 4.31 Å². The molecule has 1 fully saturated rings. The van der Waals surface area contributed by atoms with Gasteiger partial charge in [0.1, 0.15) is 11.4 Å². The summed E-state index contributed by atoms with van der Waals surface area (Å²) >= 11 is 0. The van der Waals surface area contributed by atoms with Crippen molar-refractivity contribution in [1.29, 1.82) is 0 Å². The number of methoxy groups -OCH3 is 1. The number of nitrogens with one attached hydrogen (secondary N) is 2. The highest BCUT2D eigenvalue weighted by molar-refractivity contribution is 7.89. The van der Waals surface area contributed by atoms with Crippen LogP contribution in [0.2, 0.25) is 0 Å². The van der Waals surface area contributed by atoms with Crippen LogP contribution in [0.15, 0.2) is 65.6 Å². The second-order valence-corrected chi connectivity index (χ2v) is 11.0. The smallest absolute Gasteiger partial charge is 0.254 e. The van der Waals surface area contributed by atoms with Crippen molar-refractivity contribution in [3.05, 3.63) is 71.8 Å². The fourth-order valence-electron chi connectivity index (χ4n) is 4.60. The first-order chi connectivity index (χ1) is 18.8. The highest BCUT2D eigenvalue weighted by atomic mass is 32.2. The summed E-state index contributed by atoms with van der Waals surface area (Å²) in [5.74, 6) is 0.674. The summed E-state index contributed by atoms with van der Waals surface area (Å²) < 4.78 is 39.0. The summed E-state index contributed by atoms with van der Waals surface area (Å²) in [5.41, 5.74) is 2.89. The van der Waals surface area contributed by atoms with Crippen molar-refractivity contribution in [1.82, 2.24) is 19.8 Å². The quantitative estimate of drug-likeness (QED) is 0.359. The highest BCUT2D eigenvalue weighted by Gasteiger charge is 2.28. The van der Waals surface area contributed by atoms with Crippen LogP contribution in [-0.2, 0) is 14.8 Å². The number of aryl methyl sites for hydroxylation is 1. The molecule has 0 unspecified atom stereocenters. The van der Waals surface area contributed by atoms with Crippen LogP contribution in [0.25, 0.3) is 22.0 Å². The second kappa shape index (κ2) is 11.0. The van der Waals surface area contributed by atoms with Gasteiger partial charge in [-0.3, -0.25) is 4.79 Å². The summed E-state index contributed by atoms with van der Waals surface area (Å²) in [6.45, 7) is 3.18. The predicted molar refractivity (Wildman–Crippen MR) is 149 cm³/mol. The highest BCUT2D eigenvalue weighted by Crippen LogP contribution is 2.34. The van der Waals surface area contributed by atoms with Crippen LogP contribution < -0.4 is 15.4 Å². The molecular weight excluding hydrogens is 518 g/mol. The first kappa shape index (κ1) is 26.5. The summed E-state index contributed by atoms with van der Waals surface area (Å²) in [6.07, 6.45) is 0. The second-order valence-electron chi connectivity index (χ2n) is 9.06. The van der Waals surface area contributed by atoms with Crippen molar-refractivity contribution >= 4 is 38.2 Å². The van der Waals surface area contributed by atoms with Gasteiger partial charge in [0.2, 0.25) is 10.0 Å². The number of ether oxygens (including phenoxy) is 2. The van der Waals surface area contributed by atoms with Crippen LogP contribution >= 0.6 is 0 Å². The van der Waals surface area contributed by atoms with E-state index in [4.69, 9.17) is 9.47 Å². The number of hydrogen-bond acceptors (Lipinski definition) is 8. The van der Waals surface area contributed by atoms with Gasteiger partial charge in [-0.05, 0) is 36.8 Å². The van der Waals surface area contributed by atoms with Gasteiger partial charge in [0.05, 0.1) is 30.8 Å². The number of hydrogen-bond donors (Lipinski definition) is 2. The number of aromatic nitrogens is 2. The molecule has 2 heterocycles. The number of morpholine rings is 1. The minimum absolute atomic E-state index is 0.245. The van der Waals surface area contributed by atoms with E-state index in [1.165, 1.54) is 11.4 Å². The number of amides is 1. The normalized spacial score (nSPS) is 14.2. The Balaban J connectivity index is 1.55. The monoisotopic (exact) mass is 547 g/mol. The molecule has 39 heavy (non-hydrogen) atoms. The van der Waals surface area contributed by atoms with Crippen molar-refractivity contribution < 1.29 is 22.7 Å². The summed E-state index contributed by atoms with van der Waals surface area (Å²) in [6, 6.07) is 18.1. The fraction of sp³-hybridized carbons (Fsp3) is 0.250. The zero-order valence-electron chi connectivity index (χ0n) is 21.9. The Morgan fingerprint density at radius 1 is 1.00 bits per heavy atom. The molecule has 0 radical (unpaired) electrons. The van der Waals surface area contributed by atoms with E-state index in [2.05, 4.69) is 20.8 Å². The molecule has 1 saturated heterocycles.